The molecule has 2 aromatic carbocycles. The Bertz CT molecular complexity index is 818. The van der Waals surface area contributed by atoms with E-state index in [2.05, 4.69) is 40.7 Å². The Morgan fingerprint density at radius 3 is 2.29 bits per heavy atom. The molecule has 0 unspecified atom stereocenters. The number of amides is 1. The fourth-order valence-electron chi connectivity index (χ4n) is 3.40. The number of hydrogen-bond donors (Lipinski definition) is 3. The molecule has 0 aliphatic carbocycles. The number of carbonyl (C=O) groups is 1. The second-order valence-corrected chi connectivity index (χ2v) is 7.18. The Balaban J connectivity index is 1.52. The first-order valence-corrected chi connectivity index (χ1v) is 9.85. The molecule has 1 fully saturated rings. The van der Waals surface area contributed by atoms with Crippen molar-refractivity contribution in [3.05, 3.63) is 54.1 Å². The zero-order valence-electron chi connectivity index (χ0n) is 16.5. The molecule has 0 aromatic heterocycles. The number of nitrogens with one attached hydrogen (secondary N) is 3. The molecule has 28 heavy (non-hydrogen) atoms. The maximum Gasteiger partial charge on any atom is 0.246 e. The third-order valence-corrected chi connectivity index (χ3v) is 5.26. The van der Waals surface area contributed by atoms with Crippen LogP contribution in [0.5, 0.6) is 0 Å². The highest BCUT2D eigenvalue weighted by Crippen LogP contribution is 2.19. The molecule has 1 aliphatic heterocycles. The molecule has 1 aliphatic rings. The lowest BCUT2D eigenvalue weighted by molar-refractivity contribution is -0.898. The molecule has 146 valence electrons. The van der Waals surface area contributed by atoms with E-state index in [1.165, 1.54) is 25.3 Å². The summed E-state index contributed by atoms with van der Waals surface area (Å²) in [5.41, 5.74) is 3.41. The topological polar surface area (TPSA) is 72.6 Å². The molecular weight excluding hydrogens is 350 g/mol. The predicted molar refractivity (Wildman–Crippen MR) is 113 cm³/mol. The molecule has 1 saturated heterocycles. The van der Waals surface area contributed by atoms with Gasteiger partial charge in [-0.25, -0.2) is 0 Å². The molecule has 1 atom stereocenters. The highest BCUT2D eigenvalue weighted by atomic mass is 16.2. The molecule has 1 amide bonds. The van der Waals surface area contributed by atoms with Crippen LogP contribution in [0.2, 0.25) is 0 Å². The molecular formula is C22H28N5O+. The van der Waals surface area contributed by atoms with E-state index in [9.17, 15) is 4.79 Å². The van der Waals surface area contributed by atoms with Gasteiger partial charge in [-0.05, 0) is 62.4 Å². The zero-order valence-corrected chi connectivity index (χ0v) is 16.5. The summed E-state index contributed by atoms with van der Waals surface area (Å²) in [6, 6.07) is 16.8. The monoisotopic (exact) mass is 378 g/mol. The minimum atomic E-state index is -0.377. The molecule has 0 bridgehead atoms. The minimum Gasteiger partial charge on any atom is -0.374 e. The second-order valence-electron chi connectivity index (χ2n) is 7.18. The van der Waals surface area contributed by atoms with Crippen molar-refractivity contribution in [2.24, 2.45) is 0 Å². The lowest BCUT2D eigenvalue weighted by Crippen LogP contribution is -3.14. The van der Waals surface area contributed by atoms with Gasteiger partial charge < -0.3 is 20.4 Å². The lowest BCUT2D eigenvalue weighted by atomic mass is 10.2. The number of quaternary nitrogens is 1. The second kappa shape index (κ2) is 9.25. The Kier molecular flexibility index (Phi) is 6.51. The van der Waals surface area contributed by atoms with Crippen molar-refractivity contribution in [3.8, 4) is 6.07 Å². The normalized spacial score (nSPS) is 15.5. The number of rotatable bonds is 6. The number of carbonyl (C=O) groups excluding carboxylic acids is 1. The predicted octanol–water partition coefficient (Wildman–Crippen LogP) is 1.72. The molecule has 6 nitrogen and oxygen atoms in total. The first-order chi connectivity index (χ1) is 13.6. The van der Waals surface area contributed by atoms with Crippen LogP contribution in [0, 0.1) is 11.3 Å². The summed E-state index contributed by atoms with van der Waals surface area (Å²) in [4.78, 5) is 16.5. The standard InChI is InChI=1S/C22H27N5O/c1-3-26-12-14-27(15-13-26)21-10-8-19(9-11-21)24-17(2)22(28)25-20-6-4-18(16-23)5-7-20/h4-11,17,24H,3,12-15H2,1-2H3,(H,25,28)/p+1/t17-/m0/s1. The molecule has 3 N–H and O–H groups in total. The number of nitrogens with zero attached hydrogens (tertiary/aromatic N) is 2. The fraction of sp³-hybridized carbons (Fsp3) is 0.364. The van der Waals surface area contributed by atoms with Crippen molar-refractivity contribution in [3.63, 3.8) is 0 Å². The molecule has 6 heteroatoms. The number of anilines is 3. The maximum atomic E-state index is 12.4. The van der Waals surface area contributed by atoms with Gasteiger partial charge in [0.1, 0.15) is 6.04 Å². The Hall–Kier alpha value is -3.04. The molecule has 2 aromatic rings. The number of piperazine rings is 1. The van der Waals surface area contributed by atoms with E-state index in [0.717, 1.165) is 18.8 Å². The van der Waals surface area contributed by atoms with Crippen LogP contribution in [0.1, 0.15) is 19.4 Å². The third kappa shape index (κ3) is 5.02. The minimum absolute atomic E-state index is 0.118. The smallest absolute Gasteiger partial charge is 0.246 e. The van der Waals surface area contributed by atoms with Crippen LogP contribution in [0.25, 0.3) is 0 Å². The lowest BCUT2D eigenvalue weighted by Gasteiger charge is -2.33. The summed E-state index contributed by atoms with van der Waals surface area (Å²) in [5.74, 6) is -0.118. The largest absolute Gasteiger partial charge is 0.374 e. The van der Waals surface area contributed by atoms with E-state index in [1.54, 1.807) is 29.2 Å². The van der Waals surface area contributed by atoms with Crippen molar-refractivity contribution in [1.82, 2.24) is 0 Å². The Labute approximate surface area is 166 Å². The summed E-state index contributed by atoms with van der Waals surface area (Å²) >= 11 is 0. The van der Waals surface area contributed by atoms with E-state index < -0.39 is 0 Å². The summed E-state index contributed by atoms with van der Waals surface area (Å²) < 4.78 is 0. The van der Waals surface area contributed by atoms with E-state index in [0.29, 0.717) is 11.3 Å². The van der Waals surface area contributed by atoms with Gasteiger partial charge >= 0.3 is 0 Å². The SMILES string of the molecule is CC[NH+]1CCN(c2ccc(N[C@@H](C)C(=O)Nc3ccc(C#N)cc3)cc2)CC1. The van der Waals surface area contributed by atoms with E-state index in [4.69, 9.17) is 5.26 Å². The van der Waals surface area contributed by atoms with Crippen molar-refractivity contribution in [1.29, 1.82) is 5.26 Å². The van der Waals surface area contributed by atoms with Crippen LogP contribution in [-0.4, -0.2) is 44.7 Å². The first-order valence-electron chi connectivity index (χ1n) is 9.85. The highest BCUT2D eigenvalue weighted by molar-refractivity contribution is 5.96. The first kappa shape index (κ1) is 19.7. The van der Waals surface area contributed by atoms with Gasteiger partial charge in [-0.15, -0.1) is 0 Å². The van der Waals surface area contributed by atoms with Crippen LogP contribution in [0.15, 0.2) is 48.5 Å². The van der Waals surface area contributed by atoms with Gasteiger partial charge in [-0.1, -0.05) is 0 Å². The maximum absolute atomic E-state index is 12.4. The van der Waals surface area contributed by atoms with Crippen molar-refractivity contribution < 1.29 is 9.69 Å². The van der Waals surface area contributed by atoms with E-state index in [1.807, 2.05) is 19.1 Å². The van der Waals surface area contributed by atoms with Crippen LogP contribution in [0.4, 0.5) is 17.1 Å². The molecule has 0 spiro atoms. The van der Waals surface area contributed by atoms with Gasteiger partial charge in [0.15, 0.2) is 0 Å². The molecule has 0 saturated carbocycles. The Morgan fingerprint density at radius 2 is 1.71 bits per heavy atom. The van der Waals surface area contributed by atoms with Gasteiger partial charge in [0.05, 0.1) is 44.4 Å². The quantitative estimate of drug-likeness (QED) is 0.716. The fourth-order valence-corrected chi connectivity index (χ4v) is 3.40. The van der Waals surface area contributed by atoms with Gasteiger partial charge in [0.2, 0.25) is 5.91 Å². The van der Waals surface area contributed by atoms with Crippen molar-refractivity contribution >= 4 is 23.0 Å². The van der Waals surface area contributed by atoms with Crippen LogP contribution in [0.3, 0.4) is 0 Å². The average molecular weight is 379 g/mol. The zero-order chi connectivity index (χ0) is 19.9. The number of nitriles is 1. The van der Waals surface area contributed by atoms with Crippen LogP contribution >= 0.6 is 0 Å². The average Bonchev–Trinajstić information content (AvgIpc) is 2.75. The molecule has 1 heterocycles. The summed E-state index contributed by atoms with van der Waals surface area (Å²) in [7, 11) is 0. The van der Waals surface area contributed by atoms with Gasteiger partial charge in [-0.2, -0.15) is 5.26 Å². The summed E-state index contributed by atoms with van der Waals surface area (Å²) in [6.45, 7) is 9.80. The summed E-state index contributed by atoms with van der Waals surface area (Å²) in [6.07, 6.45) is 0. The summed E-state index contributed by atoms with van der Waals surface area (Å²) in [5, 5.41) is 14.9. The van der Waals surface area contributed by atoms with E-state index >= 15 is 0 Å². The Morgan fingerprint density at radius 1 is 1.11 bits per heavy atom. The van der Waals surface area contributed by atoms with E-state index in [-0.39, 0.29) is 11.9 Å². The third-order valence-electron chi connectivity index (χ3n) is 5.26. The number of likely N-dealkylation sites (N-methyl/N-ethyl adjacent to an activating group) is 1. The van der Waals surface area contributed by atoms with Crippen molar-refractivity contribution in [2.45, 2.75) is 19.9 Å². The van der Waals surface area contributed by atoms with Crippen LogP contribution in [-0.2, 0) is 4.79 Å². The number of hydrogen-bond acceptors (Lipinski definition) is 4. The molecule has 0 radical (unpaired) electrons. The number of benzene rings is 2. The van der Waals surface area contributed by atoms with Crippen molar-refractivity contribution in [2.75, 3.05) is 48.3 Å². The van der Waals surface area contributed by atoms with Gasteiger partial charge in [0.25, 0.3) is 0 Å². The molecule has 3 rings (SSSR count). The van der Waals surface area contributed by atoms with Crippen LogP contribution < -0.4 is 20.4 Å². The highest BCUT2D eigenvalue weighted by Gasteiger charge is 2.19. The van der Waals surface area contributed by atoms with Gasteiger partial charge in [0, 0.05) is 17.1 Å². The van der Waals surface area contributed by atoms with Gasteiger partial charge in [-0.3, -0.25) is 4.79 Å².